The molecule has 5 nitrogen and oxygen atoms in total. The first-order valence-electron chi connectivity index (χ1n) is 7.82. The van der Waals surface area contributed by atoms with E-state index >= 15 is 0 Å². The number of likely N-dealkylation sites (tertiary alicyclic amines) is 1. The fourth-order valence-electron chi connectivity index (χ4n) is 4.86. The molecule has 2 aliphatic heterocycles. The van der Waals surface area contributed by atoms with E-state index in [0.29, 0.717) is 0 Å². The van der Waals surface area contributed by atoms with Gasteiger partial charge in [-0.15, -0.1) is 0 Å². The lowest BCUT2D eigenvalue weighted by Crippen LogP contribution is -2.60. The third-order valence-electron chi connectivity index (χ3n) is 5.73. The van der Waals surface area contributed by atoms with Crippen molar-refractivity contribution < 1.29 is 9.59 Å². The van der Waals surface area contributed by atoms with Crippen molar-refractivity contribution in [2.45, 2.75) is 18.4 Å². The molecule has 1 aromatic heterocycles. The highest BCUT2D eigenvalue weighted by atomic mass is 16.2. The van der Waals surface area contributed by atoms with Crippen LogP contribution in [0.3, 0.4) is 0 Å². The lowest BCUT2D eigenvalue weighted by molar-refractivity contribution is -0.147. The standard InChI is InChI=1S/C17H17N3O2/c1-20-7-6-9-12-14-11(8-4-2-3-5-10(8)18-14)15(20)13(9)17(22)19-16(12)21/h2-5,9,12-13,15,18H,6-7H2,1H3,(H,19,21,22)/t9-,12+,13-,15+/m0/s1. The van der Waals surface area contributed by atoms with Crippen molar-refractivity contribution in [1.82, 2.24) is 15.2 Å². The summed E-state index contributed by atoms with van der Waals surface area (Å²) in [6.45, 7) is 0.932. The van der Waals surface area contributed by atoms with E-state index in [4.69, 9.17) is 0 Å². The van der Waals surface area contributed by atoms with E-state index in [1.165, 1.54) is 0 Å². The topological polar surface area (TPSA) is 65.2 Å². The summed E-state index contributed by atoms with van der Waals surface area (Å²) in [5, 5.41) is 3.74. The van der Waals surface area contributed by atoms with Crippen molar-refractivity contribution in [2.24, 2.45) is 11.8 Å². The van der Waals surface area contributed by atoms with Crippen LogP contribution < -0.4 is 5.32 Å². The number of imide groups is 1. The van der Waals surface area contributed by atoms with Crippen LogP contribution in [0.4, 0.5) is 0 Å². The number of piperidine rings is 2. The highest BCUT2D eigenvalue weighted by Crippen LogP contribution is 2.55. The number of fused-ring (bicyclic) bond motifs is 5. The fourth-order valence-corrected chi connectivity index (χ4v) is 4.86. The minimum atomic E-state index is -0.213. The minimum Gasteiger partial charge on any atom is -0.357 e. The number of carbonyl (C=O) groups excluding carboxylic acids is 2. The van der Waals surface area contributed by atoms with Crippen LogP contribution >= 0.6 is 0 Å². The normalized spacial score (nSPS) is 33.7. The molecule has 2 aromatic rings. The highest BCUT2D eigenvalue weighted by Gasteiger charge is 2.56. The first-order chi connectivity index (χ1) is 10.7. The molecule has 2 saturated heterocycles. The molecule has 22 heavy (non-hydrogen) atoms. The summed E-state index contributed by atoms with van der Waals surface area (Å²) < 4.78 is 0. The number of aromatic nitrogens is 1. The van der Waals surface area contributed by atoms with Crippen molar-refractivity contribution in [3.05, 3.63) is 35.5 Å². The van der Waals surface area contributed by atoms with E-state index in [-0.39, 0.29) is 35.6 Å². The summed E-state index contributed by atoms with van der Waals surface area (Å²) >= 11 is 0. The minimum absolute atomic E-state index is 0.0641. The second-order valence-corrected chi connectivity index (χ2v) is 6.73. The maximum Gasteiger partial charge on any atom is 0.235 e. The molecule has 112 valence electrons. The molecule has 3 aliphatic rings. The molecule has 4 bridgehead atoms. The zero-order valence-corrected chi connectivity index (χ0v) is 12.3. The maximum atomic E-state index is 12.5. The van der Waals surface area contributed by atoms with Gasteiger partial charge in [-0.1, -0.05) is 18.2 Å². The summed E-state index contributed by atoms with van der Waals surface area (Å²) in [5.41, 5.74) is 3.23. The molecule has 2 N–H and O–H groups in total. The number of nitrogens with zero attached hydrogens (tertiary/aromatic N) is 1. The Kier molecular flexibility index (Phi) is 2.25. The molecule has 1 aromatic carbocycles. The lowest BCUT2D eigenvalue weighted by atomic mass is 9.62. The predicted molar refractivity (Wildman–Crippen MR) is 81.2 cm³/mol. The number of benzene rings is 1. The van der Waals surface area contributed by atoms with Gasteiger partial charge in [-0.2, -0.15) is 0 Å². The van der Waals surface area contributed by atoms with Crippen LogP contribution in [0.2, 0.25) is 0 Å². The van der Waals surface area contributed by atoms with E-state index in [0.717, 1.165) is 35.1 Å². The van der Waals surface area contributed by atoms with Gasteiger partial charge in [0.1, 0.15) is 0 Å². The Balaban J connectivity index is 1.87. The van der Waals surface area contributed by atoms with Gasteiger partial charge in [0.25, 0.3) is 0 Å². The van der Waals surface area contributed by atoms with E-state index in [9.17, 15) is 9.59 Å². The van der Waals surface area contributed by atoms with E-state index in [1.807, 2.05) is 18.2 Å². The highest BCUT2D eigenvalue weighted by molar-refractivity contribution is 6.05. The molecule has 2 amide bonds. The number of hydrogen-bond donors (Lipinski definition) is 2. The number of para-hydroxylation sites is 1. The lowest BCUT2D eigenvalue weighted by Gasteiger charge is -2.51. The van der Waals surface area contributed by atoms with Crippen LogP contribution in [0.1, 0.15) is 29.6 Å². The van der Waals surface area contributed by atoms with Gasteiger partial charge < -0.3 is 4.98 Å². The van der Waals surface area contributed by atoms with Gasteiger partial charge in [-0.05, 0) is 37.6 Å². The van der Waals surface area contributed by atoms with Crippen LogP contribution in [0, 0.1) is 11.8 Å². The summed E-state index contributed by atoms with van der Waals surface area (Å²) in [5.74, 6) is -0.438. The molecule has 4 atom stereocenters. The largest absolute Gasteiger partial charge is 0.357 e. The summed E-state index contributed by atoms with van der Waals surface area (Å²) in [6.07, 6.45) is 0.899. The molecule has 5 rings (SSSR count). The molecular formula is C17H17N3O2. The summed E-state index contributed by atoms with van der Waals surface area (Å²) in [4.78, 5) is 30.7. The van der Waals surface area contributed by atoms with Crippen LogP contribution in [0.5, 0.6) is 0 Å². The molecule has 0 saturated carbocycles. The summed E-state index contributed by atoms with van der Waals surface area (Å²) in [7, 11) is 2.08. The van der Waals surface area contributed by atoms with Crippen LogP contribution in [0.15, 0.2) is 24.3 Å². The van der Waals surface area contributed by atoms with Crippen molar-refractivity contribution >= 4 is 22.7 Å². The van der Waals surface area contributed by atoms with Gasteiger partial charge in [0.05, 0.1) is 11.8 Å². The molecule has 3 heterocycles. The summed E-state index contributed by atoms with van der Waals surface area (Å²) in [6, 6.07) is 8.21. The van der Waals surface area contributed by atoms with Gasteiger partial charge in [0.2, 0.25) is 11.8 Å². The SMILES string of the molecule is CN1CC[C@@H]2[C@@H]3C(=O)NC(=O)[C@H]2c2[nH]c4ccccc4c2[C@H]31. The Labute approximate surface area is 127 Å². The third-order valence-corrected chi connectivity index (χ3v) is 5.73. The molecule has 5 heteroatoms. The van der Waals surface area contributed by atoms with E-state index in [2.05, 4.69) is 28.3 Å². The number of rotatable bonds is 0. The Morgan fingerprint density at radius 3 is 2.86 bits per heavy atom. The van der Waals surface area contributed by atoms with E-state index < -0.39 is 0 Å². The number of H-pyrrole nitrogens is 1. The molecule has 0 spiro atoms. The van der Waals surface area contributed by atoms with E-state index in [1.54, 1.807) is 0 Å². The zero-order chi connectivity index (χ0) is 15.0. The maximum absolute atomic E-state index is 12.5. The predicted octanol–water partition coefficient (Wildman–Crippen LogP) is 1.53. The third kappa shape index (κ3) is 1.33. The van der Waals surface area contributed by atoms with Crippen molar-refractivity contribution in [1.29, 1.82) is 0 Å². The second kappa shape index (κ2) is 3.98. The molecule has 0 radical (unpaired) electrons. The van der Waals surface area contributed by atoms with Crippen molar-refractivity contribution in [3.8, 4) is 0 Å². The number of amides is 2. The van der Waals surface area contributed by atoms with Crippen LogP contribution in [-0.2, 0) is 9.59 Å². The molecule has 0 unspecified atom stereocenters. The van der Waals surface area contributed by atoms with Gasteiger partial charge in [0, 0.05) is 22.6 Å². The van der Waals surface area contributed by atoms with Crippen LogP contribution in [0.25, 0.3) is 10.9 Å². The second-order valence-electron chi connectivity index (χ2n) is 6.73. The number of nitrogens with one attached hydrogen (secondary N) is 2. The molecule has 1 aliphatic carbocycles. The Bertz CT molecular complexity index is 824. The monoisotopic (exact) mass is 295 g/mol. The average molecular weight is 295 g/mol. The number of carbonyl (C=O) groups is 2. The van der Waals surface area contributed by atoms with Gasteiger partial charge >= 0.3 is 0 Å². The van der Waals surface area contributed by atoms with Gasteiger partial charge in [-0.25, -0.2) is 0 Å². The van der Waals surface area contributed by atoms with Gasteiger partial charge in [0.15, 0.2) is 0 Å². The van der Waals surface area contributed by atoms with Gasteiger partial charge in [-0.3, -0.25) is 19.8 Å². The molecular weight excluding hydrogens is 278 g/mol. The average Bonchev–Trinajstić information content (AvgIpc) is 2.87. The van der Waals surface area contributed by atoms with Crippen molar-refractivity contribution in [2.75, 3.05) is 13.6 Å². The fraction of sp³-hybridized carbons (Fsp3) is 0.412. The van der Waals surface area contributed by atoms with Crippen molar-refractivity contribution in [3.63, 3.8) is 0 Å². The zero-order valence-electron chi connectivity index (χ0n) is 12.3. The first-order valence-corrected chi connectivity index (χ1v) is 7.82. The van der Waals surface area contributed by atoms with Crippen LogP contribution in [-0.4, -0.2) is 35.3 Å². The quantitative estimate of drug-likeness (QED) is 0.724. The Morgan fingerprint density at radius 1 is 1.18 bits per heavy atom. The number of aromatic amines is 1. The smallest absolute Gasteiger partial charge is 0.235 e. The Hall–Kier alpha value is -2.14. The first kappa shape index (κ1) is 12.4. The number of hydrogen-bond acceptors (Lipinski definition) is 3. The molecule has 2 fully saturated rings. The Morgan fingerprint density at radius 2 is 2.00 bits per heavy atom.